The van der Waals surface area contributed by atoms with Gasteiger partial charge < -0.3 is 10.9 Å². The molecule has 0 radical (unpaired) electrons. The fraction of sp³-hybridized carbons (Fsp3) is 0.857. The van der Waals surface area contributed by atoms with Gasteiger partial charge in [-0.3, -0.25) is 4.79 Å². The molecule has 0 atom stereocenters. The van der Waals surface area contributed by atoms with Gasteiger partial charge in [0.25, 0.3) is 0 Å². The van der Waals surface area contributed by atoms with E-state index in [4.69, 9.17) is 4.74 Å². The molecule has 0 bridgehead atoms. The summed E-state index contributed by atoms with van der Waals surface area (Å²) in [7, 11) is 0. The molecule has 0 aromatic rings. The second-order valence-electron chi connectivity index (χ2n) is 1.95. The molecular weight excluding hydrogens is 155 g/mol. The molecule has 62 valence electrons. The number of carbonyl (C=O) groups excluding carboxylic acids is 1. The number of hydrogen-bond donors (Lipinski definition) is 0. The molecule has 4 heteroatoms. The summed E-state index contributed by atoms with van der Waals surface area (Å²) in [6.45, 7) is 5.04. The van der Waals surface area contributed by atoms with Crippen LogP contribution in [0, 0.1) is 0 Å². The average molecular weight is 170 g/mol. The third-order valence-corrected chi connectivity index (χ3v) is 0.881. The number of esters is 1. The fourth-order valence-corrected chi connectivity index (χ4v) is 0.491. The Hall–Kier alpha value is 0.430. The molecule has 0 N–H and O–H groups in total. The van der Waals surface area contributed by atoms with Crippen LogP contribution in [0.2, 0.25) is 0 Å². The maximum Gasteiger partial charge on any atom is 1.00 e. The van der Waals surface area contributed by atoms with Crippen molar-refractivity contribution in [2.45, 2.75) is 20.3 Å². The SMILES string of the molecule is CCCOCCOC(C)=O.[H-].[Na+]. The Labute approximate surface area is 91.2 Å². The maximum atomic E-state index is 10.2. The van der Waals surface area contributed by atoms with Crippen LogP contribution in [0.4, 0.5) is 0 Å². The van der Waals surface area contributed by atoms with Gasteiger partial charge in [-0.15, -0.1) is 0 Å². The van der Waals surface area contributed by atoms with E-state index in [-0.39, 0.29) is 37.0 Å². The largest absolute Gasteiger partial charge is 1.00 e. The molecule has 0 aliphatic heterocycles. The molecule has 0 aromatic carbocycles. The Morgan fingerprint density at radius 2 is 2.00 bits per heavy atom. The quantitative estimate of drug-likeness (QED) is 0.274. The van der Waals surface area contributed by atoms with Crippen molar-refractivity contribution in [3.63, 3.8) is 0 Å². The number of hydrogen-bond acceptors (Lipinski definition) is 3. The molecule has 0 unspecified atom stereocenters. The molecule has 3 nitrogen and oxygen atoms in total. The van der Waals surface area contributed by atoms with E-state index in [0.717, 1.165) is 13.0 Å². The Balaban J connectivity index is -0.000000405. The molecule has 0 saturated carbocycles. The van der Waals surface area contributed by atoms with Crippen molar-refractivity contribution in [3.8, 4) is 0 Å². The van der Waals surface area contributed by atoms with Crippen molar-refractivity contribution in [2.24, 2.45) is 0 Å². The number of ether oxygens (including phenoxy) is 2. The Kier molecular flexibility index (Phi) is 13.3. The van der Waals surface area contributed by atoms with Crippen molar-refractivity contribution >= 4 is 5.97 Å². The summed E-state index contributed by atoms with van der Waals surface area (Å²) in [5.41, 5.74) is 0. The predicted molar refractivity (Wildman–Crippen MR) is 38.9 cm³/mol. The van der Waals surface area contributed by atoms with Crippen LogP contribution >= 0.6 is 0 Å². The van der Waals surface area contributed by atoms with Crippen LogP contribution in [-0.4, -0.2) is 25.8 Å². The molecule has 0 amide bonds. The molecule has 0 heterocycles. The van der Waals surface area contributed by atoms with Crippen molar-refractivity contribution in [1.29, 1.82) is 0 Å². The number of rotatable bonds is 5. The molecule has 0 aromatic heterocycles. The summed E-state index contributed by atoms with van der Waals surface area (Å²) in [6.07, 6.45) is 1.00. The monoisotopic (exact) mass is 170 g/mol. The van der Waals surface area contributed by atoms with E-state index in [1.807, 2.05) is 6.92 Å². The molecule has 0 aliphatic rings. The predicted octanol–water partition coefficient (Wildman–Crippen LogP) is -1.91. The minimum absolute atomic E-state index is 0. The smallest absolute Gasteiger partial charge is 1.00 e. The van der Waals surface area contributed by atoms with E-state index in [2.05, 4.69) is 4.74 Å². The van der Waals surface area contributed by atoms with Gasteiger partial charge in [-0.2, -0.15) is 0 Å². The summed E-state index contributed by atoms with van der Waals surface area (Å²) in [6, 6.07) is 0. The van der Waals surface area contributed by atoms with E-state index >= 15 is 0 Å². The first-order chi connectivity index (χ1) is 4.77. The molecule has 0 fully saturated rings. The summed E-state index contributed by atoms with van der Waals surface area (Å²) < 4.78 is 9.68. The third-order valence-electron chi connectivity index (χ3n) is 0.881. The molecule has 0 rings (SSSR count). The van der Waals surface area contributed by atoms with Gasteiger partial charge >= 0.3 is 35.5 Å². The molecule has 0 saturated heterocycles. The summed E-state index contributed by atoms with van der Waals surface area (Å²) >= 11 is 0. The zero-order valence-corrected chi connectivity index (χ0v) is 9.55. The van der Waals surface area contributed by atoms with Gasteiger partial charge in [-0.1, -0.05) is 6.92 Å². The van der Waals surface area contributed by atoms with Gasteiger partial charge in [-0.25, -0.2) is 0 Å². The average Bonchev–Trinajstić information content (AvgIpc) is 1.87. The van der Waals surface area contributed by atoms with Crippen molar-refractivity contribution < 1.29 is 45.3 Å². The minimum Gasteiger partial charge on any atom is -1.00 e. The molecule has 11 heavy (non-hydrogen) atoms. The fourth-order valence-electron chi connectivity index (χ4n) is 0.491. The minimum atomic E-state index is -0.250. The maximum absolute atomic E-state index is 10.2. The van der Waals surface area contributed by atoms with Crippen LogP contribution in [0.15, 0.2) is 0 Å². The zero-order chi connectivity index (χ0) is 7.82. The van der Waals surface area contributed by atoms with E-state index in [1.54, 1.807) is 0 Å². The molecule has 0 aliphatic carbocycles. The van der Waals surface area contributed by atoms with Crippen LogP contribution in [-0.2, 0) is 14.3 Å². The first-order valence-electron chi connectivity index (χ1n) is 3.48. The Bertz CT molecular complexity index is 101. The van der Waals surface area contributed by atoms with E-state index in [1.165, 1.54) is 6.92 Å². The van der Waals surface area contributed by atoms with Crippen molar-refractivity contribution in [3.05, 3.63) is 0 Å². The van der Waals surface area contributed by atoms with Crippen LogP contribution in [0.25, 0.3) is 0 Å². The Morgan fingerprint density at radius 1 is 1.36 bits per heavy atom. The third kappa shape index (κ3) is 13.4. The van der Waals surface area contributed by atoms with Crippen LogP contribution in [0.3, 0.4) is 0 Å². The van der Waals surface area contributed by atoms with Crippen molar-refractivity contribution in [1.82, 2.24) is 0 Å². The van der Waals surface area contributed by atoms with Gasteiger partial charge in [-0.05, 0) is 6.42 Å². The number of carbonyl (C=O) groups is 1. The van der Waals surface area contributed by atoms with Crippen LogP contribution in [0.5, 0.6) is 0 Å². The van der Waals surface area contributed by atoms with Gasteiger partial charge in [0.15, 0.2) is 0 Å². The summed E-state index contributed by atoms with van der Waals surface area (Å²) in [4.78, 5) is 10.2. The molecule has 0 spiro atoms. The van der Waals surface area contributed by atoms with E-state index in [9.17, 15) is 4.79 Å². The standard InChI is InChI=1S/C7H14O3.Na.H/c1-3-4-9-5-6-10-7(2)8;;/h3-6H2,1-2H3;;/q;+1;-1. The van der Waals surface area contributed by atoms with Gasteiger partial charge in [0.2, 0.25) is 0 Å². The van der Waals surface area contributed by atoms with Gasteiger partial charge in [0, 0.05) is 13.5 Å². The molecular formula is C7H15NaO3. The second kappa shape index (κ2) is 10.4. The Morgan fingerprint density at radius 3 is 2.45 bits per heavy atom. The summed E-state index contributed by atoms with van der Waals surface area (Å²) in [5, 5.41) is 0. The summed E-state index contributed by atoms with van der Waals surface area (Å²) in [5.74, 6) is -0.250. The van der Waals surface area contributed by atoms with Gasteiger partial charge in [0.05, 0.1) is 6.61 Å². The van der Waals surface area contributed by atoms with E-state index in [0.29, 0.717) is 13.2 Å². The van der Waals surface area contributed by atoms with Crippen LogP contribution in [0.1, 0.15) is 21.7 Å². The van der Waals surface area contributed by atoms with Crippen LogP contribution < -0.4 is 29.6 Å². The normalized spacial score (nSPS) is 8.55. The van der Waals surface area contributed by atoms with Crippen molar-refractivity contribution in [2.75, 3.05) is 19.8 Å². The van der Waals surface area contributed by atoms with E-state index < -0.39 is 0 Å². The first-order valence-corrected chi connectivity index (χ1v) is 3.48. The second-order valence-corrected chi connectivity index (χ2v) is 1.95. The first kappa shape index (κ1) is 14.0. The zero-order valence-electron chi connectivity index (χ0n) is 8.55. The van der Waals surface area contributed by atoms with Gasteiger partial charge in [0.1, 0.15) is 6.61 Å². The topological polar surface area (TPSA) is 35.5 Å².